The summed E-state index contributed by atoms with van der Waals surface area (Å²) < 4.78 is 1.24. The normalized spacial score (nSPS) is 10.9. The zero-order chi connectivity index (χ0) is 11.8. The molecule has 2 nitrogen and oxygen atoms in total. The number of hydrogen-bond donors (Lipinski definition) is 0. The first-order valence-electron chi connectivity index (χ1n) is 5.51. The Morgan fingerprint density at radius 3 is 2.71 bits per heavy atom. The number of benzene rings is 1. The molecule has 84 valence electrons. The molecule has 3 rings (SSSR count). The minimum absolute atomic E-state index is 1.08. The third-order valence-electron chi connectivity index (χ3n) is 2.70. The maximum absolute atomic E-state index is 4.47. The molecular weight excluding hydrogens is 228 g/mol. The van der Waals surface area contributed by atoms with Gasteiger partial charge in [0.2, 0.25) is 0 Å². The lowest BCUT2D eigenvalue weighted by molar-refractivity contribution is 1.27. The molecule has 0 bridgehead atoms. The molecule has 0 N–H and O–H groups in total. The molecule has 0 fully saturated rings. The maximum atomic E-state index is 4.47. The number of nitrogens with zero attached hydrogens (tertiary/aromatic N) is 2. The zero-order valence-corrected chi connectivity index (χ0v) is 10.6. The van der Waals surface area contributed by atoms with Crippen LogP contribution < -0.4 is 0 Å². The standard InChI is InChI=1S/C14H12N2S/c1-9-5-12(8-15-7-9)11-3-4-13-14(6-11)17-10(2)16-13/h3-8H,1-2H3. The Morgan fingerprint density at radius 1 is 1.00 bits per heavy atom. The van der Waals surface area contributed by atoms with Crippen LogP contribution in [0.3, 0.4) is 0 Å². The average molecular weight is 240 g/mol. The van der Waals surface area contributed by atoms with E-state index >= 15 is 0 Å². The van der Waals surface area contributed by atoms with E-state index in [1.807, 2.05) is 19.3 Å². The summed E-state index contributed by atoms with van der Waals surface area (Å²) in [6.07, 6.45) is 3.78. The van der Waals surface area contributed by atoms with Crippen molar-refractivity contribution < 1.29 is 0 Å². The predicted octanol–water partition coefficient (Wildman–Crippen LogP) is 3.98. The van der Waals surface area contributed by atoms with Gasteiger partial charge in [-0.2, -0.15) is 0 Å². The van der Waals surface area contributed by atoms with E-state index in [-0.39, 0.29) is 0 Å². The Labute approximate surface area is 104 Å². The van der Waals surface area contributed by atoms with Crippen molar-refractivity contribution >= 4 is 21.6 Å². The summed E-state index contributed by atoms with van der Waals surface area (Å²) in [5.74, 6) is 0. The summed E-state index contributed by atoms with van der Waals surface area (Å²) in [4.78, 5) is 8.70. The van der Waals surface area contributed by atoms with E-state index in [0.717, 1.165) is 16.1 Å². The maximum Gasteiger partial charge on any atom is 0.0907 e. The first-order valence-corrected chi connectivity index (χ1v) is 6.33. The molecule has 0 spiro atoms. The lowest BCUT2D eigenvalue weighted by Crippen LogP contribution is -1.82. The minimum Gasteiger partial charge on any atom is -0.264 e. The Balaban J connectivity index is 2.17. The van der Waals surface area contributed by atoms with Gasteiger partial charge in [-0.1, -0.05) is 6.07 Å². The van der Waals surface area contributed by atoms with Crippen molar-refractivity contribution in [2.24, 2.45) is 0 Å². The summed E-state index contributed by atoms with van der Waals surface area (Å²) >= 11 is 1.73. The van der Waals surface area contributed by atoms with Crippen LogP contribution >= 0.6 is 11.3 Å². The molecule has 2 aromatic heterocycles. The summed E-state index contributed by atoms with van der Waals surface area (Å²) in [6.45, 7) is 4.10. The fourth-order valence-corrected chi connectivity index (χ4v) is 2.80. The van der Waals surface area contributed by atoms with Gasteiger partial charge in [0.05, 0.1) is 15.2 Å². The fraction of sp³-hybridized carbons (Fsp3) is 0.143. The molecule has 3 heteroatoms. The highest BCUT2D eigenvalue weighted by Crippen LogP contribution is 2.27. The van der Waals surface area contributed by atoms with Crippen LogP contribution in [0.2, 0.25) is 0 Å². The molecule has 0 radical (unpaired) electrons. The van der Waals surface area contributed by atoms with Crippen LogP contribution in [0, 0.1) is 13.8 Å². The zero-order valence-electron chi connectivity index (χ0n) is 9.77. The highest BCUT2D eigenvalue weighted by Gasteiger charge is 2.03. The minimum atomic E-state index is 1.08. The SMILES string of the molecule is Cc1cncc(-c2ccc3nc(C)sc3c2)c1. The Morgan fingerprint density at radius 2 is 1.88 bits per heavy atom. The Bertz CT molecular complexity index is 686. The molecule has 0 atom stereocenters. The van der Waals surface area contributed by atoms with Gasteiger partial charge >= 0.3 is 0 Å². The first-order chi connectivity index (χ1) is 8.22. The number of aromatic nitrogens is 2. The monoisotopic (exact) mass is 240 g/mol. The number of aryl methyl sites for hydroxylation is 2. The van der Waals surface area contributed by atoms with Gasteiger partial charge in [0.15, 0.2) is 0 Å². The van der Waals surface area contributed by atoms with Gasteiger partial charge in [-0.3, -0.25) is 4.98 Å². The van der Waals surface area contributed by atoms with E-state index in [9.17, 15) is 0 Å². The second-order valence-electron chi connectivity index (χ2n) is 4.17. The summed E-state index contributed by atoms with van der Waals surface area (Å²) in [7, 11) is 0. The molecule has 17 heavy (non-hydrogen) atoms. The molecular formula is C14H12N2S. The quantitative estimate of drug-likeness (QED) is 0.643. The molecule has 2 heterocycles. The molecule has 1 aromatic carbocycles. The van der Waals surface area contributed by atoms with Crippen LogP contribution in [-0.2, 0) is 0 Å². The number of thiazole rings is 1. The largest absolute Gasteiger partial charge is 0.264 e. The third kappa shape index (κ3) is 1.94. The van der Waals surface area contributed by atoms with Crippen molar-refractivity contribution in [3.8, 4) is 11.1 Å². The highest BCUT2D eigenvalue weighted by atomic mass is 32.1. The van der Waals surface area contributed by atoms with Gasteiger partial charge in [-0.15, -0.1) is 11.3 Å². The van der Waals surface area contributed by atoms with Crippen LogP contribution in [0.1, 0.15) is 10.6 Å². The van der Waals surface area contributed by atoms with Gasteiger partial charge in [-0.05, 0) is 43.2 Å². The van der Waals surface area contributed by atoms with E-state index in [4.69, 9.17) is 0 Å². The van der Waals surface area contributed by atoms with Crippen molar-refractivity contribution in [3.05, 3.63) is 47.2 Å². The number of rotatable bonds is 1. The van der Waals surface area contributed by atoms with Crippen molar-refractivity contribution in [1.82, 2.24) is 9.97 Å². The van der Waals surface area contributed by atoms with Crippen LogP contribution in [-0.4, -0.2) is 9.97 Å². The number of fused-ring (bicyclic) bond motifs is 1. The lowest BCUT2D eigenvalue weighted by Gasteiger charge is -2.01. The van der Waals surface area contributed by atoms with Gasteiger partial charge in [0, 0.05) is 18.0 Å². The fourth-order valence-electron chi connectivity index (χ4n) is 1.93. The molecule has 0 unspecified atom stereocenters. The molecule has 0 aliphatic heterocycles. The summed E-state index contributed by atoms with van der Waals surface area (Å²) in [5, 5.41) is 1.11. The molecule has 0 aliphatic rings. The molecule has 0 aliphatic carbocycles. The van der Waals surface area contributed by atoms with Crippen LogP contribution in [0.15, 0.2) is 36.7 Å². The molecule has 0 saturated heterocycles. The summed E-state index contributed by atoms with van der Waals surface area (Å²) in [5.41, 5.74) is 4.63. The Hall–Kier alpha value is -1.74. The smallest absolute Gasteiger partial charge is 0.0907 e. The van der Waals surface area contributed by atoms with E-state index in [1.165, 1.54) is 15.8 Å². The van der Waals surface area contributed by atoms with Crippen molar-refractivity contribution in [2.45, 2.75) is 13.8 Å². The first kappa shape index (κ1) is 10.4. The van der Waals surface area contributed by atoms with E-state index < -0.39 is 0 Å². The van der Waals surface area contributed by atoms with Crippen molar-refractivity contribution in [1.29, 1.82) is 0 Å². The van der Waals surface area contributed by atoms with Crippen molar-refractivity contribution in [3.63, 3.8) is 0 Å². The van der Waals surface area contributed by atoms with E-state index in [2.05, 4.69) is 41.2 Å². The van der Waals surface area contributed by atoms with Crippen LogP contribution in [0.4, 0.5) is 0 Å². The second kappa shape index (κ2) is 3.93. The van der Waals surface area contributed by atoms with Crippen LogP contribution in [0.5, 0.6) is 0 Å². The Kier molecular flexibility index (Phi) is 2.41. The van der Waals surface area contributed by atoms with Gasteiger partial charge < -0.3 is 0 Å². The van der Waals surface area contributed by atoms with Gasteiger partial charge in [0.1, 0.15) is 0 Å². The third-order valence-corrected chi connectivity index (χ3v) is 3.64. The molecule has 0 amide bonds. The van der Waals surface area contributed by atoms with Crippen LogP contribution in [0.25, 0.3) is 21.3 Å². The molecule has 3 aromatic rings. The van der Waals surface area contributed by atoms with E-state index in [0.29, 0.717) is 0 Å². The highest BCUT2D eigenvalue weighted by molar-refractivity contribution is 7.18. The van der Waals surface area contributed by atoms with Gasteiger partial charge in [-0.25, -0.2) is 4.98 Å². The van der Waals surface area contributed by atoms with Gasteiger partial charge in [0.25, 0.3) is 0 Å². The topological polar surface area (TPSA) is 25.8 Å². The van der Waals surface area contributed by atoms with Crippen molar-refractivity contribution in [2.75, 3.05) is 0 Å². The second-order valence-corrected chi connectivity index (χ2v) is 5.40. The molecule has 0 saturated carbocycles. The van der Waals surface area contributed by atoms with E-state index in [1.54, 1.807) is 11.3 Å². The lowest BCUT2D eigenvalue weighted by atomic mass is 10.1. The number of pyridine rings is 1. The predicted molar refractivity (Wildman–Crippen MR) is 72.3 cm³/mol. The average Bonchev–Trinajstić information content (AvgIpc) is 2.68. The number of hydrogen-bond acceptors (Lipinski definition) is 3. The summed E-state index contributed by atoms with van der Waals surface area (Å²) in [6, 6.07) is 8.53.